The van der Waals surface area contributed by atoms with Gasteiger partial charge >= 0.3 is 0 Å². The fraction of sp³-hybridized carbons (Fsp3) is 0.133. The van der Waals surface area contributed by atoms with E-state index in [-0.39, 0.29) is 6.61 Å². The summed E-state index contributed by atoms with van der Waals surface area (Å²) in [6.07, 6.45) is -0.744. The van der Waals surface area contributed by atoms with Crippen LogP contribution in [0.5, 0.6) is 5.75 Å². The van der Waals surface area contributed by atoms with Crippen LogP contribution in [0.25, 0.3) is 0 Å². The Hall–Kier alpha value is -2.02. The van der Waals surface area contributed by atoms with Crippen molar-refractivity contribution in [3.8, 4) is 11.8 Å². The molecule has 1 unspecified atom stereocenters. The van der Waals surface area contributed by atoms with Gasteiger partial charge in [0.1, 0.15) is 18.5 Å². The highest BCUT2D eigenvalue weighted by Gasteiger charge is 2.08. The van der Waals surface area contributed by atoms with Crippen molar-refractivity contribution >= 4 is 11.6 Å². The summed E-state index contributed by atoms with van der Waals surface area (Å²) in [5, 5.41) is 19.3. The Morgan fingerprint density at radius 3 is 2.58 bits per heavy atom. The normalized spacial score (nSPS) is 11.6. The molecule has 0 aromatic heterocycles. The van der Waals surface area contributed by atoms with E-state index in [2.05, 4.69) is 0 Å². The Morgan fingerprint density at radius 1 is 1.21 bits per heavy atom. The van der Waals surface area contributed by atoms with Gasteiger partial charge in [-0.25, -0.2) is 0 Å². The third-order valence-corrected chi connectivity index (χ3v) is 2.86. The summed E-state index contributed by atoms with van der Waals surface area (Å²) in [6, 6.07) is 15.8. The van der Waals surface area contributed by atoms with E-state index in [0.29, 0.717) is 21.9 Å². The van der Waals surface area contributed by atoms with Crippen LogP contribution in [0.1, 0.15) is 17.2 Å². The lowest BCUT2D eigenvalue weighted by atomic mass is 10.1. The zero-order chi connectivity index (χ0) is 13.7. The molecule has 0 amide bonds. The zero-order valence-electron chi connectivity index (χ0n) is 10.1. The fourth-order valence-electron chi connectivity index (χ4n) is 1.61. The molecule has 0 saturated heterocycles. The maximum Gasteiger partial charge on any atom is 0.120 e. The fourth-order valence-corrected chi connectivity index (χ4v) is 1.79. The van der Waals surface area contributed by atoms with Crippen LogP contribution in [0.2, 0.25) is 5.02 Å². The average Bonchev–Trinajstić information content (AvgIpc) is 2.45. The van der Waals surface area contributed by atoms with Crippen LogP contribution in [-0.4, -0.2) is 11.7 Å². The van der Waals surface area contributed by atoms with Crippen LogP contribution < -0.4 is 4.74 Å². The third-order valence-electron chi connectivity index (χ3n) is 2.63. The average molecular weight is 274 g/mol. The van der Waals surface area contributed by atoms with Gasteiger partial charge in [-0.05, 0) is 35.9 Å². The van der Waals surface area contributed by atoms with E-state index in [4.69, 9.17) is 21.6 Å². The van der Waals surface area contributed by atoms with E-state index in [1.807, 2.05) is 6.07 Å². The van der Waals surface area contributed by atoms with E-state index >= 15 is 0 Å². The van der Waals surface area contributed by atoms with Crippen LogP contribution in [0, 0.1) is 11.3 Å². The van der Waals surface area contributed by atoms with Crippen LogP contribution >= 0.6 is 11.6 Å². The summed E-state index contributed by atoms with van der Waals surface area (Å²) in [6.45, 7) is 0.131. The van der Waals surface area contributed by atoms with E-state index in [1.54, 1.807) is 48.5 Å². The van der Waals surface area contributed by atoms with E-state index in [9.17, 15) is 5.11 Å². The molecule has 0 spiro atoms. The topological polar surface area (TPSA) is 53.2 Å². The highest BCUT2D eigenvalue weighted by atomic mass is 35.5. The molecule has 0 saturated carbocycles. The minimum atomic E-state index is -0.744. The molecule has 3 nitrogen and oxygen atoms in total. The minimum Gasteiger partial charge on any atom is -0.490 e. The molecule has 2 aromatic carbocycles. The number of ether oxygens (including phenoxy) is 1. The number of halogens is 1. The van der Waals surface area contributed by atoms with Crippen molar-refractivity contribution < 1.29 is 9.84 Å². The first kappa shape index (κ1) is 13.4. The predicted octanol–water partition coefficient (Wildman–Crippen LogP) is 3.32. The number of aliphatic hydroxyl groups excluding tert-OH is 1. The Kier molecular flexibility index (Phi) is 4.40. The molecule has 0 aliphatic rings. The molecule has 19 heavy (non-hydrogen) atoms. The van der Waals surface area contributed by atoms with Crippen LogP contribution in [-0.2, 0) is 0 Å². The summed E-state index contributed by atoms with van der Waals surface area (Å²) in [5.41, 5.74) is 1.27. The van der Waals surface area contributed by atoms with Gasteiger partial charge in [0, 0.05) is 5.02 Å². The monoisotopic (exact) mass is 273 g/mol. The summed E-state index contributed by atoms with van der Waals surface area (Å²) in [7, 11) is 0. The SMILES string of the molecule is N#Cc1ccc(C(O)COc2cccc(Cl)c2)cc1. The van der Waals surface area contributed by atoms with Crippen LogP contribution in [0.15, 0.2) is 48.5 Å². The predicted molar refractivity (Wildman–Crippen MR) is 73.1 cm³/mol. The molecule has 96 valence electrons. The highest BCUT2D eigenvalue weighted by Crippen LogP contribution is 2.20. The first-order valence-electron chi connectivity index (χ1n) is 5.75. The van der Waals surface area contributed by atoms with Crippen molar-refractivity contribution in [2.45, 2.75) is 6.10 Å². The second-order valence-corrected chi connectivity index (χ2v) is 4.45. The molecule has 0 bridgehead atoms. The number of aliphatic hydroxyl groups is 1. The quantitative estimate of drug-likeness (QED) is 0.930. The van der Waals surface area contributed by atoms with Gasteiger partial charge in [-0.2, -0.15) is 5.26 Å². The van der Waals surface area contributed by atoms with Crippen molar-refractivity contribution in [3.63, 3.8) is 0 Å². The molecule has 0 aliphatic heterocycles. The van der Waals surface area contributed by atoms with Gasteiger partial charge in [0.25, 0.3) is 0 Å². The third kappa shape index (κ3) is 3.72. The summed E-state index contributed by atoms with van der Waals surface area (Å²) in [5.74, 6) is 0.611. The van der Waals surface area contributed by atoms with Crippen molar-refractivity contribution in [1.29, 1.82) is 5.26 Å². The Morgan fingerprint density at radius 2 is 1.95 bits per heavy atom. The molecule has 1 N–H and O–H groups in total. The number of nitrogens with zero attached hydrogens (tertiary/aromatic N) is 1. The summed E-state index contributed by atoms with van der Waals surface area (Å²) in [4.78, 5) is 0. The summed E-state index contributed by atoms with van der Waals surface area (Å²) >= 11 is 5.84. The zero-order valence-corrected chi connectivity index (χ0v) is 10.8. The molecule has 2 rings (SSSR count). The van der Waals surface area contributed by atoms with E-state index in [1.165, 1.54) is 0 Å². The molecule has 0 radical (unpaired) electrons. The summed E-state index contributed by atoms with van der Waals surface area (Å²) < 4.78 is 5.46. The number of hydrogen-bond acceptors (Lipinski definition) is 3. The van der Waals surface area contributed by atoms with Crippen molar-refractivity contribution in [2.75, 3.05) is 6.61 Å². The van der Waals surface area contributed by atoms with E-state index in [0.717, 1.165) is 0 Å². The first-order chi connectivity index (χ1) is 9.19. The number of nitriles is 1. The molecular weight excluding hydrogens is 262 g/mol. The lowest BCUT2D eigenvalue weighted by molar-refractivity contribution is 0.108. The van der Waals surface area contributed by atoms with Gasteiger partial charge in [-0.3, -0.25) is 0 Å². The van der Waals surface area contributed by atoms with Crippen LogP contribution in [0.4, 0.5) is 0 Å². The molecule has 4 heteroatoms. The largest absolute Gasteiger partial charge is 0.490 e. The maximum absolute atomic E-state index is 9.97. The first-order valence-corrected chi connectivity index (χ1v) is 6.13. The smallest absolute Gasteiger partial charge is 0.120 e. The molecular formula is C15H12ClNO2. The van der Waals surface area contributed by atoms with Gasteiger partial charge in [-0.1, -0.05) is 29.8 Å². The number of benzene rings is 2. The van der Waals surface area contributed by atoms with E-state index < -0.39 is 6.10 Å². The van der Waals surface area contributed by atoms with Gasteiger partial charge in [0.15, 0.2) is 0 Å². The second-order valence-electron chi connectivity index (χ2n) is 4.02. The van der Waals surface area contributed by atoms with Gasteiger partial charge in [0.05, 0.1) is 11.6 Å². The standard InChI is InChI=1S/C15H12ClNO2/c16-13-2-1-3-14(8-13)19-10-15(18)12-6-4-11(9-17)5-7-12/h1-8,15,18H,10H2. The van der Waals surface area contributed by atoms with Gasteiger partial charge in [-0.15, -0.1) is 0 Å². The van der Waals surface area contributed by atoms with Crippen LogP contribution in [0.3, 0.4) is 0 Å². The second kappa shape index (κ2) is 6.24. The van der Waals surface area contributed by atoms with Crippen molar-refractivity contribution in [3.05, 3.63) is 64.7 Å². The minimum absolute atomic E-state index is 0.131. The highest BCUT2D eigenvalue weighted by molar-refractivity contribution is 6.30. The maximum atomic E-state index is 9.97. The van der Waals surface area contributed by atoms with Crippen molar-refractivity contribution in [1.82, 2.24) is 0 Å². The van der Waals surface area contributed by atoms with Crippen molar-refractivity contribution in [2.24, 2.45) is 0 Å². The molecule has 2 aromatic rings. The number of hydrogen-bond donors (Lipinski definition) is 1. The Bertz CT molecular complexity index is 590. The lowest BCUT2D eigenvalue weighted by Crippen LogP contribution is -2.09. The Labute approximate surface area is 116 Å². The molecule has 0 heterocycles. The molecule has 0 fully saturated rings. The molecule has 0 aliphatic carbocycles. The number of rotatable bonds is 4. The lowest BCUT2D eigenvalue weighted by Gasteiger charge is -2.12. The Balaban J connectivity index is 1.97. The van der Waals surface area contributed by atoms with Gasteiger partial charge in [0.2, 0.25) is 0 Å². The van der Waals surface area contributed by atoms with Gasteiger partial charge < -0.3 is 9.84 Å². The molecule has 1 atom stereocenters.